The summed E-state index contributed by atoms with van der Waals surface area (Å²) >= 11 is 0. The zero-order valence-corrected chi connectivity index (χ0v) is 11.8. The van der Waals surface area contributed by atoms with E-state index in [1.165, 1.54) is 17.7 Å². The van der Waals surface area contributed by atoms with Crippen molar-refractivity contribution < 1.29 is 9.66 Å². The molecule has 1 aromatic heterocycles. The molecule has 0 amide bonds. The lowest BCUT2D eigenvalue weighted by Gasteiger charge is -2.08. The standard InChI is InChI=1S/C15H17N3O3/c1-12-10-16-7-6-13(12)11-17-8-9-21-15-4-2-14(3-5-15)18(19)20/h2-7,10,17H,8-9,11H2,1H3. The Morgan fingerprint density at radius 3 is 2.71 bits per heavy atom. The summed E-state index contributed by atoms with van der Waals surface area (Å²) in [7, 11) is 0. The van der Waals surface area contributed by atoms with Gasteiger partial charge in [0, 0.05) is 37.6 Å². The van der Waals surface area contributed by atoms with E-state index in [4.69, 9.17) is 4.74 Å². The molecule has 1 N–H and O–H groups in total. The summed E-state index contributed by atoms with van der Waals surface area (Å²) in [6, 6.07) is 8.06. The fraction of sp³-hybridized carbons (Fsp3) is 0.267. The number of nitro benzene ring substituents is 1. The highest BCUT2D eigenvalue weighted by molar-refractivity contribution is 5.35. The molecule has 0 atom stereocenters. The number of nitrogens with one attached hydrogen (secondary N) is 1. The van der Waals surface area contributed by atoms with E-state index in [0.717, 1.165) is 12.1 Å². The fourth-order valence-electron chi connectivity index (χ4n) is 1.83. The lowest BCUT2D eigenvalue weighted by Crippen LogP contribution is -2.21. The molecular formula is C15H17N3O3. The fourth-order valence-corrected chi connectivity index (χ4v) is 1.83. The predicted octanol–water partition coefficient (Wildman–Crippen LogP) is 2.47. The van der Waals surface area contributed by atoms with Crippen LogP contribution >= 0.6 is 0 Å². The average Bonchev–Trinajstić information content (AvgIpc) is 2.49. The van der Waals surface area contributed by atoms with E-state index in [1.54, 1.807) is 18.3 Å². The maximum atomic E-state index is 10.5. The largest absolute Gasteiger partial charge is 0.492 e. The molecule has 1 heterocycles. The summed E-state index contributed by atoms with van der Waals surface area (Å²) < 4.78 is 5.51. The van der Waals surface area contributed by atoms with E-state index < -0.39 is 4.92 Å². The Morgan fingerprint density at radius 1 is 1.29 bits per heavy atom. The predicted molar refractivity (Wildman–Crippen MR) is 79.3 cm³/mol. The normalized spacial score (nSPS) is 10.3. The number of benzene rings is 1. The lowest BCUT2D eigenvalue weighted by molar-refractivity contribution is -0.384. The Hall–Kier alpha value is -2.47. The van der Waals surface area contributed by atoms with E-state index in [2.05, 4.69) is 10.3 Å². The molecule has 0 fully saturated rings. The van der Waals surface area contributed by atoms with Crippen molar-refractivity contribution in [3.8, 4) is 5.75 Å². The SMILES string of the molecule is Cc1cnccc1CNCCOc1ccc([N+](=O)[O-])cc1. The van der Waals surface area contributed by atoms with Gasteiger partial charge in [-0.3, -0.25) is 15.1 Å². The molecular weight excluding hydrogens is 270 g/mol. The molecule has 110 valence electrons. The number of non-ortho nitro benzene ring substituents is 1. The highest BCUT2D eigenvalue weighted by Gasteiger charge is 2.04. The molecule has 0 bridgehead atoms. The van der Waals surface area contributed by atoms with Crippen molar-refractivity contribution in [1.29, 1.82) is 0 Å². The molecule has 2 aromatic rings. The molecule has 21 heavy (non-hydrogen) atoms. The van der Waals surface area contributed by atoms with Crippen LogP contribution < -0.4 is 10.1 Å². The topological polar surface area (TPSA) is 77.3 Å². The van der Waals surface area contributed by atoms with Gasteiger partial charge in [0.25, 0.3) is 5.69 Å². The van der Waals surface area contributed by atoms with Gasteiger partial charge in [-0.2, -0.15) is 0 Å². The van der Waals surface area contributed by atoms with Crippen LogP contribution in [0.3, 0.4) is 0 Å². The monoisotopic (exact) mass is 287 g/mol. The summed E-state index contributed by atoms with van der Waals surface area (Å²) in [5, 5.41) is 13.8. The molecule has 0 aliphatic carbocycles. The van der Waals surface area contributed by atoms with E-state index in [0.29, 0.717) is 18.9 Å². The maximum absolute atomic E-state index is 10.5. The number of ether oxygens (including phenoxy) is 1. The van der Waals surface area contributed by atoms with Gasteiger partial charge in [-0.25, -0.2) is 0 Å². The number of hydrogen-bond acceptors (Lipinski definition) is 5. The number of aromatic nitrogens is 1. The van der Waals surface area contributed by atoms with Crippen molar-refractivity contribution in [2.24, 2.45) is 0 Å². The average molecular weight is 287 g/mol. The van der Waals surface area contributed by atoms with Gasteiger partial charge in [-0.1, -0.05) is 0 Å². The molecule has 0 aliphatic rings. The molecule has 1 aromatic carbocycles. The maximum Gasteiger partial charge on any atom is 0.269 e. The summed E-state index contributed by atoms with van der Waals surface area (Å²) in [5.41, 5.74) is 2.43. The third-order valence-electron chi connectivity index (χ3n) is 3.05. The zero-order valence-electron chi connectivity index (χ0n) is 11.8. The second-order valence-corrected chi connectivity index (χ2v) is 4.58. The van der Waals surface area contributed by atoms with Gasteiger partial charge in [0.15, 0.2) is 0 Å². The molecule has 0 spiro atoms. The van der Waals surface area contributed by atoms with Crippen molar-refractivity contribution in [3.05, 3.63) is 64.0 Å². The molecule has 6 heteroatoms. The van der Waals surface area contributed by atoms with Crippen LogP contribution in [0.1, 0.15) is 11.1 Å². The highest BCUT2D eigenvalue weighted by Crippen LogP contribution is 2.16. The number of aryl methyl sites for hydroxylation is 1. The summed E-state index contributed by atoms with van der Waals surface area (Å²) in [4.78, 5) is 14.1. The van der Waals surface area contributed by atoms with Gasteiger partial charge in [0.1, 0.15) is 12.4 Å². The Labute approximate surface area is 122 Å². The molecule has 6 nitrogen and oxygen atoms in total. The third-order valence-corrected chi connectivity index (χ3v) is 3.05. The molecule has 0 radical (unpaired) electrons. The van der Waals surface area contributed by atoms with Crippen LogP contribution in [-0.4, -0.2) is 23.1 Å². The van der Waals surface area contributed by atoms with E-state index >= 15 is 0 Å². The van der Waals surface area contributed by atoms with Crippen molar-refractivity contribution in [2.75, 3.05) is 13.2 Å². The Morgan fingerprint density at radius 2 is 2.05 bits per heavy atom. The van der Waals surface area contributed by atoms with E-state index in [9.17, 15) is 10.1 Å². The first-order valence-electron chi connectivity index (χ1n) is 6.64. The smallest absolute Gasteiger partial charge is 0.269 e. The van der Waals surface area contributed by atoms with Crippen LogP contribution in [0.2, 0.25) is 0 Å². The summed E-state index contributed by atoms with van der Waals surface area (Å²) in [5.74, 6) is 0.627. The second kappa shape index (κ2) is 7.35. The van der Waals surface area contributed by atoms with Crippen LogP contribution in [0.5, 0.6) is 5.75 Å². The Bertz CT molecular complexity index is 599. The second-order valence-electron chi connectivity index (χ2n) is 4.58. The van der Waals surface area contributed by atoms with Crippen LogP contribution in [0.15, 0.2) is 42.7 Å². The van der Waals surface area contributed by atoms with E-state index in [1.807, 2.05) is 19.2 Å². The van der Waals surface area contributed by atoms with Crippen molar-refractivity contribution >= 4 is 5.69 Å². The minimum absolute atomic E-state index is 0.0636. The van der Waals surface area contributed by atoms with Crippen LogP contribution in [0.25, 0.3) is 0 Å². The van der Waals surface area contributed by atoms with Crippen molar-refractivity contribution in [3.63, 3.8) is 0 Å². The zero-order chi connectivity index (χ0) is 15.1. The van der Waals surface area contributed by atoms with Crippen molar-refractivity contribution in [1.82, 2.24) is 10.3 Å². The Kier molecular flexibility index (Phi) is 5.22. The van der Waals surface area contributed by atoms with Crippen LogP contribution in [-0.2, 0) is 6.54 Å². The molecule has 0 saturated carbocycles. The van der Waals surface area contributed by atoms with Gasteiger partial charge < -0.3 is 10.1 Å². The molecule has 0 unspecified atom stereocenters. The summed E-state index contributed by atoms with van der Waals surface area (Å²) in [6.07, 6.45) is 3.61. The van der Waals surface area contributed by atoms with Crippen molar-refractivity contribution in [2.45, 2.75) is 13.5 Å². The van der Waals surface area contributed by atoms with Crippen LogP contribution in [0.4, 0.5) is 5.69 Å². The number of pyridine rings is 1. The van der Waals surface area contributed by atoms with Gasteiger partial charge >= 0.3 is 0 Å². The highest BCUT2D eigenvalue weighted by atomic mass is 16.6. The van der Waals surface area contributed by atoms with Gasteiger partial charge in [-0.05, 0) is 36.2 Å². The third kappa shape index (κ3) is 4.54. The first-order chi connectivity index (χ1) is 10.2. The number of nitrogens with zero attached hydrogens (tertiary/aromatic N) is 2. The van der Waals surface area contributed by atoms with Gasteiger partial charge in [0.05, 0.1) is 4.92 Å². The van der Waals surface area contributed by atoms with Gasteiger partial charge in [-0.15, -0.1) is 0 Å². The molecule has 2 rings (SSSR count). The number of nitro groups is 1. The number of hydrogen-bond donors (Lipinski definition) is 1. The molecule has 0 saturated heterocycles. The number of rotatable bonds is 7. The minimum Gasteiger partial charge on any atom is -0.492 e. The lowest BCUT2D eigenvalue weighted by atomic mass is 10.1. The minimum atomic E-state index is -0.428. The first kappa shape index (κ1) is 14.9. The van der Waals surface area contributed by atoms with Crippen LogP contribution in [0, 0.1) is 17.0 Å². The first-order valence-corrected chi connectivity index (χ1v) is 6.64. The Balaban J connectivity index is 1.70. The quantitative estimate of drug-likeness (QED) is 0.481. The van der Waals surface area contributed by atoms with Gasteiger partial charge in [0.2, 0.25) is 0 Å². The molecule has 0 aliphatic heterocycles. The summed E-state index contributed by atoms with van der Waals surface area (Å²) in [6.45, 7) is 3.98. The van der Waals surface area contributed by atoms with E-state index in [-0.39, 0.29) is 5.69 Å².